The van der Waals surface area contributed by atoms with Crippen LogP contribution in [0.5, 0.6) is 0 Å². The van der Waals surface area contributed by atoms with Gasteiger partial charge in [0.25, 0.3) is 0 Å². The average Bonchev–Trinajstić information content (AvgIpc) is 2.49. The summed E-state index contributed by atoms with van der Waals surface area (Å²) >= 11 is 0. The number of hydrogen-bond donors (Lipinski definition) is 1. The lowest BCUT2D eigenvalue weighted by molar-refractivity contribution is -0.150. The van der Waals surface area contributed by atoms with Crippen molar-refractivity contribution in [1.82, 2.24) is 15.2 Å². The minimum absolute atomic E-state index is 0.0241. The van der Waals surface area contributed by atoms with Crippen LogP contribution in [0, 0.1) is 0 Å². The molecule has 0 spiro atoms. The van der Waals surface area contributed by atoms with E-state index in [1.54, 1.807) is 17.3 Å². The molecule has 0 saturated carbocycles. The summed E-state index contributed by atoms with van der Waals surface area (Å²) in [5.74, 6) is 0.00988. The first kappa shape index (κ1) is 15.5. The fraction of sp³-hybridized carbons (Fsp3) is 0.562. The lowest BCUT2D eigenvalue weighted by Crippen LogP contribution is -2.62. The number of hydrogen-bond acceptors (Lipinski definition) is 3. The van der Waals surface area contributed by atoms with Crippen LogP contribution in [0.1, 0.15) is 45.1 Å². The number of amides is 2. The van der Waals surface area contributed by atoms with Crippen LogP contribution in [0.4, 0.5) is 0 Å². The van der Waals surface area contributed by atoms with E-state index in [1.807, 2.05) is 26.0 Å². The van der Waals surface area contributed by atoms with E-state index < -0.39 is 0 Å². The molecule has 1 aliphatic rings. The molecule has 2 rings (SSSR count). The maximum atomic E-state index is 12.6. The molecule has 2 unspecified atom stereocenters. The summed E-state index contributed by atoms with van der Waals surface area (Å²) in [6, 6.07) is 3.04. The Balaban J connectivity index is 2.21. The minimum atomic E-state index is -0.377. The summed E-state index contributed by atoms with van der Waals surface area (Å²) < 4.78 is 0. The molecule has 2 amide bonds. The fourth-order valence-corrected chi connectivity index (χ4v) is 2.74. The molecule has 1 aliphatic heterocycles. The van der Waals surface area contributed by atoms with Crippen molar-refractivity contribution in [2.75, 3.05) is 0 Å². The smallest absolute Gasteiger partial charge is 0.246 e. The van der Waals surface area contributed by atoms with Gasteiger partial charge >= 0.3 is 0 Å². The van der Waals surface area contributed by atoms with Gasteiger partial charge in [0.15, 0.2) is 0 Å². The van der Waals surface area contributed by atoms with Gasteiger partial charge in [0.05, 0.1) is 0 Å². The number of pyridine rings is 1. The van der Waals surface area contributed by atoms with Gasteiger partial charge in [-0.3, -0.25) is 14.6 Å². The normalized spacial score (nSPS) is 22.3. The van der Waals surface area contributed by atoms with Crippen LogP contribution in [0.2, 0.25) is 0 Å². The van der Waals surface area contributed by atoms with Crippen molar-refractivity contribution < 1.29 is 9.59 Å². The second kappa shape index (κ2) is 7.20. The molecule has 1 saturated heterocycles. The highest BCUT2D eigenvalue weighted by atomic mass is 16.2. The molecule has 1 fully saturated rings. The summed E-state index contributed by atoms with van der Waals surface area (Å²) in [7, 11) is 0. The maximum Gasteiger partial charge on any atom is 0.246 e. The molecule has 1 N–H and O–H groups in total. The molecule has 21 heavy (non-hydrogen) atoms. The van der Waals surface area contributed by atoms with E-state index in [1.165, 1.54) is 0 Å². The van der Waals surface area contributed by atoms with Gasteiger partial charge in [-0.25, -0.2) is 0 Å². The van der Waals surface area contributed by atoms with E-state index in [4.69, 9.17) is 0 Å². The van der Waals surface area contributed by atoms with E-state index in [0.717, 1.165) is 18.4 Å². The molecular weight excluding hydrogens is 266 g/mol. The largest absolute Gasteiger partial charge is 0.343 e. The second-order valence-electron chi connectivity index (χ2n) is 5.48. The third-order valence-corrected chi connectivity index (χ3v) is 3.82. The predicted molar refractivity (Wildman–Crippen MR) is 80.3 cm³/mol. The predicted octanol–water partition coefficient (Wildman–Crippen LogP) is 1.88. The molecule has 1 aromatic rings. The molecule has 114 valence electrons. The molecule has 0 bridgehead atoms. The molecule has 2 atom stereocenters. The molecule has 0 aliphatic carbocycles. The standard InChI is InChI=1S/C16H23N3O2/c1-3-5-13-16(21)19(11-12-7-9-17-10-8-12)14(6-4-2)15(20)18-13/h7-10,13-14H,3-6,11H2,1-2H3,(H,18,20). The van der Waals surface area contributed by atoms with Gasteiger partial charge in [0.2, 0.25) is 11.8 Å². The number of rotatable bonds is 6. The Morgan fingerprint density at radius 2 is 1.81 bits per heavy atom. The highest BCUT2D eigenvalue weighted by Crippen LogP contribution is 2.19. The first-order valence-electron chi connectivity index (χ1n) is 7.67. The number of nitrogens with one attached hydrogen (secondary N) is 1. The Hall–Kier alpha value is -1.91. The molecule has 1 aromatic heterocycles. The molecular formula is C16H23N3O2. The zero-order chi connectivity index (χ0) is 15.2. The van der Waals surface area contributed by atoms with Crippen molar-refractivity contribution in [1.29, 1.82) is 0 Å². The number of carbonyl (C=O) groups excluding carboxylic acids is 2. The van der Waals surface area contributed by atoms with Gasteiger partial charge < -0.3 is 10.2 Å². The van der Waals surface area contributed by atoms with Gasteiger partial charge in [-0.05, 0) is 30.5 Å². The van der Waals surface area contributed by atoms with Crippen LogP contribution in [0.15, 0.2) is 24.5 Å². The Morgan fingerprint density at radius 3 is 2.43 bits per heavy atom. The molecule has 5 heteroatoms. The number of piperazine rings is 1. The Labute approximate surface area is 125 Å². The first-order valence-corrected chi connectivity index (χ1v) is 7.67. The zero-order valence-corrected chi connectivity index (χ0v) is 12.7. The van der Waals surface area contributed by atoms with Crippen LogP contribution >= 0.6 is 0 Å². The van der Waals surface area contributed by atoms with E-state index in [9.17, 15) is 9.59 Å². The second-order valence-corrected chi connectivity index (χ2v) is 5.48. The van der Waals surface area contributed by atoms with Crippen molar-refractivity contribution in [2.24, 2.45) is 0 Å². The Kier molecular flexibility index (Phi) is 5.31. The number of carbonyl (C=O) groups is 2. The summed E-state index contributed by atoms with van der Waals surface area (Å²) in [4.78, 5) is 30.7. The van der Waals surface area contributed by atoms with Crippen LogP contribution in [-0.4, -0.2) is 33.8 Å². The van der Waals surface area contributed by atoms with Crippen molar-refractivity contribution in [3.8, 4) is 0 Å². The molecule has 2 heterocycles. The molecule has 0 radical (unpaired) electrons. The fourth-order valence-electron chi connectivity index (χ4n) is 2.74. The third-order valence-electron chi connectivity index (χ3n) is 3.82. The van der Waals surface area contributed by atoms with Crippen molar-refractivity contribution in [3.05, 3.63) is 30.1 Å². The summed E-state index contributed by atoms with van der Waals surface area (Å²) in [6.07, 6.45) is 6.55. The topological polar surface area (TPSA) is 62.3 Å². The SMILES string of the molecule is CCCC1NC(=O)C(CCC)N(Cc2ccncc2)C1=O. The Bertz CT molecular complexity index is 490. The summed E-state index contributed by atoms with van der Waals surface area (Å²) in [5.41, 5.74) is 1.00. The number of nitrogens with zero attached hydrogens (tertiary/aromatic N) is 2. The Morgan fingerprint density at radius 1 is 1.14 bits per heavy atom. The zero-order valence-electron chi connectivity index (χ0n) is 12.7. The number of aromatic nitrogens is 1. The lowest BCUT2D eigenvalue weighted by atomic mass is 9.99. The van der Waals surface area contributed by atoms with E-state index in [2.05, 4.69) is 10.3 Å². The molecule has 5 nitrogen and oxygen atoms in total. The van der Waals surface area contributed by atoms with Crippen molar-refractivity contribution in [2.45, 2.75) is 58.2 Å². The highest BCUT2D eigenvalue weighted by molar-refractivity contribution is 5.96. The van der Waals surface area contributed by atoms with Gasteiger partial charge in [-0.1, -0.05) is 26.7 Å². The summed E-state index contributed by atoms with van der Waals surface area (Å²) in [5, 5.41) is 2.88. The average molecular weight is 289 g/mol. The lowest BCUT2D eigenvalue weighted by Gasteiger charge is -2.39. The van der Waals surface area contributed by atoms with Crippen LogP contribution < -0.4 is 5.32 Å². The summed E-state index contributed by atoms with van der Waals surface area (Å²) in [6.45, 7) is 4.52. The van der Waals surface area contributed by atoms with Crippen molar-refractivity contribution >= 4 is 11.8 Å². The maximum absolute atomic E-state index is 12.6. The van der Waals surface area contributed by atoms with Gasteiger partial charge in [-0.2, -0.15) is 0 Å². The van der Waals surface area contributed by atoms with E-state index in [-0.39, 0.29) is 23.9 Å². The minimum Gasteiger partial charge on any atom is -0.343 e. The van der Waals surface area contributed by atoms with E-state index >= 15 is 0 Å². The monoisotopic (exact) mass is 289 g/mol. The molecule has 0 aromatic carbocycles. The van der Waals surface area contributed by atoms with Gasteiger partial charge in [0, 0.05) is 18.9 Å². The quantitative estimate of drug-likeness (QED) is 0.869. The van der Waals surface area contributed by atoms with Crippen molar-refractivity contribution in [3.63, 3.8) is 0 Å². The van der Waals surface area contributed by atoms with Crippen LogP contribution in [0.3, 0.4) is 0 Å². The van der Waals surface area contributed by atoms with Crippen LogP contribution in [0.25, 0.3) is 0 Å². The highest BCUT2D eigenvalue weighted by Gasteiger charge is 2.39. The van der Waals surface area contributed by atoms with Gasteiger partial charge in [0.1, 0.15) is 12.1 Å². The van der Waals surface area contributed by atoms with Crippen LogP contribution in [-0.2, 0) is 16.1 Å². The first-order chi connectivity index (χ1) is 10.2. The third kappa shape index (κ3) is 3.60. The van der Waals surface area contributed by atoms with E-state index in [0.29, 0.717) is 19.4 Å². The van der Waals surface area contributed by atoms with Gasteiger partial charge in [-0.15, -0.1) is 0 Å².